The van der Waals surface area contributed by atoms with Crippen molar-refractivity contribution in [2.24, 2.45) is 5.92 Å². The van der Waals surface area contributed by atoms with Gasteiger partial charge in [-0.2, -0.15) is 0 Å². The zero-order chi connectivity index (χ0) is 11.4. The molecule has 1 unspecified atom stereocenters. The van der Waals surface area contributed by atoms with Crippen molar-refractivity contribution in [3.8, 4) is 0 Å². The van der Waals surface area contributed by atoms with Crippen LogP contribution in [0.1, 0.15) is 13.3 Å². The van der Waals surface area contributed by atoms with Crippen molar-refractivity contribution in [3.05, 3.63) is 29.3 Å². The summed E-state index contributed by atoms with van der Waals surface area (Å²) in [6, 6.07) is 7.89. The van der Waals surface area contributed by atoms with E-state index in [0.717, 1.165) is 29.7 Å². The minimum atomic E-state index is 0.791. The molecule has 1 N–H and O–H groups in total. The number of likely N-dealkylation sites (tertiary alicyclic amines) is 1. The fourth-order valence-electron chi connectivity index (χ4n) is 2.19. The maximum atomic E-state index is 5.92. The van der Waals surface area contributed by atoms with Crippen LogP contribution in [0.2, 0.25) is 5.02 Å². The molecule has 0 aliphatic carbocycles. The summed E-state index contributed by atoms with van der Waals surface area (Å²) >= 11 is 5.92. The zero-order valence-electron chi connectivity index (χ0n) is 9.75. The lowest BCUT2D eigenvalue weighted by atomic mass is 10.2. The topological polar surface area (TPSA) is 15.3 Å². The van der Waals surface area contributed by atoms with Crippen LogP contribution in [0.25, 0.3) is 0 Å². The molecular formula is C13H19ClN2. The molecule has 2 rings (SSSR count). The normalized spacial score (nSPS) is 21.2. The molecule has 1 aromatic carbocycles. The number of hydrogen-bond donors (Lipinski definition) is 1. The first-order valence-electron chi connectivity index (χ1n) is 5.96. The average molecular weight is 239 g/mol. The number of benzene rings is 1. The van der Waals surface area contributed by atoms with Crippen LogP contribution in [0.15, 0.2) is 24.3 Å². The number of halogens is 1. The van der Waals surface area contributed by atoms with Gasteiger partial charge in [0.25, 0.3) is 0 Å². The molecule has 1 heterocycles. The summed E-state index contributed by atoms with van der Waals surface area (Å²) < 4.78 is 0. The van der Waals surface area contributed by atoms with Crippen LogP contribution < -0.4 is 5.32 Å². The van der Waals surface area contributed by atoms with E-state index in [4.69, 9.17) is 11.6 Å². The molecule has 1 atom stereocenters. The van der Waals surface area contributed by atoms with E-state index in [-0.39, 0.29) is 0 Å². The fourth-order valence-corrected chi connectivity index (χ4v) is 2.38. The van der Waals surface area contributed by atoms with Gasteiger partial charge in [-0.05, 0) is 37.1 Å². The average Bonchev–Trinajstić information content (AvgIpc) is 2.64. The molecule has 16 heavy (non-hydrogen) atoms. The molecule has 0 amide bonds. The molecule has 2 nitrogen and oxygen atoms in total. The van der Waals surface area contributed by atoms with Gasteiger partial charge >= 0.3 is 0 Å². The molecule has 1 aromatic rings. The molecule has 1 aliphatic heterocycles. The van der Waals surface area contributed by atoms with Crippen LogP contribution in [0.3, 0.4) is 0 Å². The third-order valence-electron chi connectivity index (χ3n) is 3.09. The van der Waals surface area contributed by atoms with Crippen LogP contribution in [0, 0.1) is 5.92 Å². The molecule has 0 saturated carbocycles. The highest BCUT2D eigenvalue weighted by Gasteiger charge is 2.17. The SMILES string of the molecule is CC1CCN(CCNc2cccc(Cl)c2)C1. The van der Waals surface area contributed by atoms with Crippen molar-refractivity contribution in [1.29, 1.82) is 0 Å². The van der Waals surface area contributed by atoms with Crippen molar-refractivity contribution < 1.29 is 0 Å². The van der Waals surface area contributed by atoms with Crippen LogP contribution >= 0.6 is 11.6 Å². The molecular weight excluding hydrogens is 220 g/mol. The van der Waals surface area contributed by atoms with E-state index in [1.807, 2.05) is 18.2 Å². The van der Waals surface area contributed by atoms with E-state index in [0.29, 0.717) is 0 Å². The Hall–Kier alpha value is -0.730. The maximum absolute atomic E-state index is 5.92. The number of rotatable bonds is 4. The van der Waals surface area contributed by atoms with Gasteiger partial charge in [0, 0.05) is 30.3 Å². The maximum Gasteiger partial charge on any atom is 0.0426 e. The minimum absolute atomic E-state index is 0.791. The Morgan fingerprint density at radius 3 is 3.06 bits per heavy atom. The molecule has 1 fully saturated rings. The molecule has 1 aliphatic rings. The van der Waals surface area contributed by atoms with Crippen molar-refractivity contribution in [3.63, 3.8) is 0 Å². The lowest BCUT2D eigenvalue weighted by molar-refractivity contribution is 0.341. The number of nitrogens with zero attached hydrogens (tertiary/aromatic N) is 1. The number of anilines is 1. The number of hydrogen-bond acceptors (Lipinski definition) is 2. The van der Waals surface area contributed by atoms with Crippen LogP contribution in [-0.2, 0) is 0 Å². The molecule has 0 radical (unpaired) electrons. The highest BCUT2D eigenvalue weighted by atomic mass is 35.5. The van der Waals surface area contributed by atoms with Gasteiger partial charge in [-0.1, -0.05) is 24.6 Å². The summed E-state index contributed by atoms with van der Waals surface area (Å²) in [5, 5.41) is 4.19. The van der Waals surface area contributed by atoms with Crippen LogP contribution in [0.4, 0.5) is 5.69 Å². The van der Waals surface area contributed by atoms with Gasteiger partial charge in [-0.25, -0.2) is 0 Å². The van der Waals surface area contributed by atoms with Gasteiger partial charge in [0.1, 0.15) is 0 Å². The lowest BCUT2D eigenvalue weighted by Crippen LogP contribution is -2.26. The summed E-state index contributed by atoms with van der Waals surface area (Å²) in [4.78, 5) is 2.52. The van der Waals surface area contributed by atoms with E-state index in [2.05, 4.69) is 23.2 Å². The summed E-state index contributed by atoms with van der Waals surface area (Å²) in [6.45, 7) is 6.93. The van der Waals surface area contributed by atoms with Crippen molar-refractivity contribution >= 4 is 17.3 Å². The second kappa shape index (κ2) is 5.55. The Morgan fingerprint density at radius 1 is 1.50 bits per heavy atom. The van der Waals surface area contributed by atoms with Crippen LogP contribution in [-0.4, -0.2) is 31.1 Å². The molecule has 0 bridgehead atoms. The van der Waals surface area contributed by atoms with Crippen molar-refractivity contribution in [1.82, 2.24) is 4.90 Å². The predicted octanol–water partition coefficient (Wildman–Crippen LogP) is 3.09. The largest absolute Gasteiger partial charge is 0.384 e. The van der Waals surface area contributed by atoms with Gasteiger partial charge in [-0.3, -0.25) is 0 Å². The number of nitrogens with one attached hydrogen (secondary N) is 1. The van der Waals surface area contributed by atoms with Gasteiger partial charge < -0.3 is 10.2 Å². The Bertz CT molecular complexity index is 340. The quantitative estimate of drug-likeness (QED) is 0.867. The Morgan fingerprint density at radius 2 is 2.38 bits per heavy atom. The molecule has 3 heteroatoms. The van der Waals surface area contributed by atoms with Crippen molar-refractivity contribution in [2.75, 3.05) is 31.5 Å². The standard InChI is InChI=1S/C13H19ClN2/c1-11-5-7-16(10-11)8-6-15-13-4-2-3-12(14)9-13/h2-4,9,11,15H,5-8,10H2,1H3. The molecule has 0 aromatic heterocycles. The first kappa shape index (κ1) is 11.7. The van der Waals surface area contributed by atoms with E-state index < -0.39 is 0 Å². The summed E-state index contributed by atoms with van der Waals surface area (Å²) in [6.07, 6.45) is 1.34. The van der Waals surface area contributed by atoms with E-state index >= 15 is 0 Å². The Balaban J connectivity index is 1.72. The third kappa shape index (κ3) is 3.39. The van der Waals surface area contributed by atoms with Gasteiger partial charge in [0.2, 0.25) is 0 Å². The highest BCUT2D eigenvalue weighted by molar-refractivity contribution is 6.30. The predicted molar refractivity (Wildman–Crippen MR) is 70.2 cm³/mol. The summed E-state index contributed by atoms with van der Waals surface area (Å²) in [5.41, 5.74) is 1.11. The summed E-state index contributed by atoms with van der Waals surface area (Å²) in [5.74, 6) is 0.867. The summed E-state index contributed by atoms with van der Waals surface area (Å²) in [7, 11) is 0. The monoisotopic (exact) mass is 238 g/mol. The van der Waals surface area contributed by atoms with E-state index in [9.17, 15) is 0 Å². The third-order valence-corrected chi connectivity index (χ3v) is 3.32. The molecule has 88 valence electrons. The minimum Gasteiger partial charge on any atom is -0.384 e. The second-order valence-electron chi connectivity index (χ2n) is 4.63. The fraction of sp³-hybridized carbons (Fsp3) is 0.538. The van der Waals surface area contributed by atoms with Gasteiger partial charge in [0.15, 0.2) is 0 Å². The Labute approximate surface area is 103 Å². The van der Waals surface area contributed by atoms with Gasteiger partial charge in [-0.15, -0.1) is 0 Å². The van der Waals surface area contributed by atoms with Crippen molar-refractivity contribution in [2.45, 2.75) is 13.3 Å². The van der Waals surface area contributed by atoms with E-state index in [1.54, 1.807) is 0 Å². The first-order valence-corrected chi connectivity index (χ1v) is 6.33. The zero-order valence-corrected chi connectivity index (χ0v) is 10.5. The van der Waals surface area contributed by atoms with Gasteiger partial charge in [0.05, 0.1) is 0 Å². The molecule has 1 saturated heterocycles. The Kier molecular flexibility index (Phi) is 4.08. The highest BCUT2D eigenvalue weighted by Crippen LogP contribution is 2.16. The second-order valence-corrected chi connectivity index (χ2v) is 5.07. The van der Waals surface area contributed by atoms with E-state index in [1.165, 1.54) is 19.5 Å². The first-order chi connectivity index (χ1) is 7.74. The van der Waals surface area contributed by atoms with Crippen LogP contribution in [0.5, 0.6) is 0 Å². The smallest absolute Gasteiger partial charge is 0.0426 e. The lowest BCUT2D eigenvalue weighted by Gasteiger charge is -2.16. The molecule has 0 spiro atoms.